The molecule has 0 unspecified atom stereocenters. The highest BCUT2D eigenvalue weighted by Gasteiger charge is 2.24. The summed E-state index contributed by atoms with van der Waals surface area (Å²) in [5.74, 6) is 0. The topological polar surface area (TPSA) is 73.0 Å². The van der Waals surface area contributed by atoms with Crippen LogP contribution in [-0.2, 0) is 6.54 Å². The monoisotopic (exact) mass is 319 g/mol. The molecule has 1 aliphatic rings. The van der Waals surface area contributed by atoms with E-state index < -0.39 is 0 Å². The average Bonchev–Trinajstić information content (AvgIpc) is 3.27. The number of carbonyl (C=O) groups is 1. The fourth-order valence-electron chi connectivity index (χ4n) is 2.75. The number of likely N-dealkylation sites (tertiary alicyclic amines) is 1. The molecule has 3 heterocycles. The third-order valence-electron chi connectivity index (χ3n) is 3.91. The average molecular weight is 319 g/mol. The second kappa shape index (κ2) is 7.42. The Kier molecular flexibility index (Phi) is 5.07. The van der Waals surface area contributed by atoms with Crippen molar-refractivity contribution >= 4 is 17.4 Å². The van der Waals surface area contributed by atoms with Gasteiger partial charge in [-0.25, -0.2) is 4.79 Å². The lowest BCUT2D eigenvalue weighted by Crippen LogP contribution is -2.41. The maximum atomic E-state index is 12.0. The molecule has 0 bridgehead atoms. The molecule has 0 aromatic carbocycles. The molecule has 0 aliphatic carbocycles. The molecule has 2 aromatic heterocycles. The number of aromatic nitrogens is 2. The van der Waals surface area contributed by atoms with Crippen LogP contribution in [0.5, 0.6) is 0 Å². The Morgan fingerprint density at radius 3 is 2.91 bits per heavy atom. The predicted octanol–water partition coefficient (Wildman–Crippen LogP) is 2.11. The van der Waals surface area contributed by atoms with Crippen LogP contribution >= 0.6 is 11.3 Å². The maximum absolute atomic E-state index is 12.0. The van der Waals surface area contributed by atoms with Crippen molar-refractivity contribution in [3.05, 3.63) is 40.3 Å². The van der Waals surface area contributed by atoms with E-state index in [1.807, 2.05) is 6.07 Å². The van der Waals surface area contributed by atoms with Crippen molar-refractivity contribution in [2.45, 2.75) is 25.4 Å². The summed E-state index contributed by atoms with van der Waals surface area (Å²) in [6.45, 7) is 3.31. The number of amides is 2. The van der Waals surface area contributed by atoms with Gasteiger partial charge in [0.25, 0.3) is 0 Å². The minimum absolute atomic E-state index is 0.143. The smallest absolute Gasteiger partial charge is 0.315 e. The van der Waals surface area contributed by atoms with Gasteiger partial charge in [-0.3, -0.25) is 10.00 Å². The molecule has 0 spiro atoms. The Labute approximate surface area is 133 Å². The van der Waals surface area contributed by atoms with Gasteiger partial charge >= 0.3 is 6.03 Å². The van der Waals surface area contributed by atoms with Crippen molar-refractivity contribution in [2.24, 2.45) is 0 Å². The number of hydrogen-bond acceptors (Lipinski definition) is 4. The number of thiophene rings is 1. The molecule has 0 radical (unpaired) electrons. The summed E-state index contributed by atoms with van der Waals surface area (Å²) in [6, 6.07) is 6.20. The fraction of sp³-hybridized carbons (Fsp3) is 0.467. The van der Waals surface area contributed by atoms with Gasteiger partial charge in [-0.05, 0) is 43.4 Å². The number of nitrogens with zero attached hydrogens (tertiary/aromatic N) is 2. The van der Waals surface area contributed by atoms with Crippen molar-refractivity contribution in [3.8, 4) is 0 Å². The van der Waals surface area contributed by atoms with Gasteiger partial charge < -0.3 is 10.6 Å². The van der Waals surface area contributed by atoms with Crippen LogP contribution < -0.4 is 10.6 Å². The van der Waals surface area contributed by atoms with Gasteiger partial charge in [-0.15, -0.1) is 11.3 Å². The molecular weight excluding hydrogens is 298 g/mol. The first-order valence-corrected chi connectivity index (χ1v) is 8.48. The van der Waals surface area contributed by atoms with Gasteiger partial charge in [0.05, 0.1) is 18.3 Å². The van der Waals surface area contributed by atoms with E-state index in [9.17, 15) is 4.79 Å². The van der Waals surface area contributed by atoms with Gasteiger partial charge in [-0.1, -0.05) is 6.07 Å². The van der Waals surface area contributed by atoms with Gasteiger partial charge in [0.15, 0.2) is 0 Å². The second-order valence-corrected chi connectivity index (χ2v) is 6.40. The summed E-state index contributed by atoms with van der Waals surface area (Å²) < 4.78 is 0. The van der Waals surface area contributed by atoms with Crippen LogP contribution in [-0.4, -0.2) is 40.8 Å². The van der Waals surface area contributed by atoms with E-state index in [2.05, 4.69) is 43.2 Å². The summed E-state index contributed by atoms with van der Waals surface area (Å²) >= 11 is 1.75. The molecule has 3 N–H and O–H groups in total. The molecule has 118 valence electrons. The summed E-state index contributed by atoms with van der Waals surface area (Å²) in [5, 5.41) is 14.6. The minimum atomic E-state index is -0.143. The van der Waals surface area contributed by atoms with Crippen molar-refractivity contribution in [1.82, 2.24) is 25.7 Å². The number of H-pyrrole nitrogens is 1. The van der Waals surface area contributed by atoms with E-state index in [-0.39, 0.29) is 12.1 Å². The van der Waals surface area contributed by atoms with E-state index >= 15 is 0 Å². The lowest BCUT2D eigenvalue weighted by Gasteiger charge is -2.26. The molecule has 2 amide bonds. The highest BCUT2D eigenvalue weighted by atomic mass is 32.1. The first-order chi connectivity index (χ1) is 10.8. The summed E-state index contributed by atoms with van der Waals surface area (Å²) in [5.41, 5.74) is 0.893. The molecule has 2 aromatic rings. The summed E-state index contributed by atoms with van der Waals surface area (Å²) in [4.78, 5) is 15.7. The Morgan fingerprint density at radius 2 is 2.23 bits per heavy atom. The van der Waals surface area contributed by atoms with Crippen LogP contribution in [0.1, 0.15) is 29.5 Å². The third-order valence-corrected chi connectivity index (χ3v) is 4.88. The third kappa shape index (κ3) is 3.86. The van der Waals surface area contributed by atoms with Gasteiger partial charge in [-0.2, -0.15) is 5.10 Å². The second-order valence-electron chi connectivity index (χ2n) is 5.42. The number of nitrogens with one attached hydrogen (secondary N) is 3. The van der Waals surface area contributed by atoms with E-state index in [1.54, 1.807) is 17.5 Å². The molecular formula is C15H21N5OS. The van der Waals surface area contributed by atoms with Gasteiger partial charge in [0, 0.05) is 17.6 Å². The molecule has 6 nitrogen and oxygen atoms in total. The normalized spacial score (nSPS) is 16.5. The van der Waals surface area contributed by atoms with Crippen LogP contribution in [0.2, 0.25) is 0 Å². The van der Waals surface area contributed by atoms with Crippen LogP contribution in [0.15, 0.2) is 29.8 Å². The maximum Gasteiger partial charge on any atom is 0.315 e. The lowest BCUT2D eigenvalue weighted by molar-refractivity contribution is 0.222. The molecule has 22 heavy (non-hydrogen) atoms. The SMILES string of the molecule is O=C(NCc1ccn[nH]1)NC[C@@H](c1cccs1)N1CCCC1. The quantitative estimate of drug-likeness (QED) is 0.763. The molecule has 7 heteroatoms. The molecule has 1 aliphatic heterocycles. The van der Waals surface area contributed by atoms with Crippen LogP contribution in [0.25, 0.3) is 0 Å². The summed E-state index contributed by atoms with van der Waals surface area (Å²) in [7, 11) is 0. The highest BCUT2D eigenvalue weighted by Crippen LogP contribution is 2.27. The Bertz CT molecular complexity index is 563. The predicted molar refractivity (Wildman–Crippen MR) is 86.7 cm³/mol. The Balaban J connectivity index is 1.51. The fourth-order valence-corrected chi connectivity index (χ4v) is 3.62. The molecule has 1 fully saturated rings. The van der Waals surface area contributed by atoms with Crippen molar-refractivity contribution < 1.29 is 4.79 Å². The zero-order valence-electron chi connectivity index (χ0n) is 12.4. The van der Waals surface area contributed by atoms with Crippen molar-refractivity contribution in [1.29, 1.82) is 0 Å². The lowest BCUT2D eigenvalue weighted by atomic mass is 10.2. The number of hydrogen-bond donors (Lipinski definition) is 3. The minimum Gasteiger partial charge on any atom is -0.336 e. The first-order valence-electron chi connectivity index (χ1n) is 7.60. The van der Waals surface area contributed by atoms with E-state index in [0.717, 1.165) is 18.8 Å². The van der Waals surface area contributed by atoms with Gasteiger partial charge in [0.2, 0.25) is 0 Å². The molecule has 1 saturated heterocycles. The Hall–Kier alpha value is -1.86. The largest absolute Gasteiger partial charge is 0.336 e. The first kappa shape index (κ1) is 15.1. The molecule has 0 saturated carbocycles. The van der Waals surface area contributed by atoms with E-state index in [4.69, 9.17) is 0 Å². The number of urea groups is 1. The van der Waals surface area contributed by atoms with Crippen molar-refractivity contribution in [3.63, 3.8) is 0 Å². The zero-order valence-corrected chi connectivity index (χ0v) is 13.2. The summed E-state index contributed by atoms with van der Waals surface area (Å²) in [6.07, 6.45) is 4.16. The van der Waals surface area contributed by atoms with E-state index in [0.29, 0.717) is 13.1 Å². The van der Waals surface area contributed by atoms with Crippen LogP contribution in [0, 0.1) is 0 Å². The Morgan fingerprint density at radius 1 is 1.36 bits per heavy atom. The number of carbonyl (C=O) groups excluding carboxylic acids is 1. The van der Waals surface area contributed by atoms with Gasteiger partial charge in [0.1, 0.15) is 0 Å². The van der Waals surface area contributed by atoms with Crippen LogP contribution in [0.4, 0.5) is 4.79 Å². The number of rotatable bonds is 6. The highest BCUT2D eigenvalue weighted by molar-refractivity contribution is 7.10. The molecule has 1 atom stereocenters. The molecule has 3 rings (SSSR count). The van der Waals surface area contributed by atoms with Crippen LogP contribution in [0.3, 0.4) is 0 Å². The van der Waals surface area contributed by atoms with E-state index in [1.165, 1.54) is 17.7 Å². The zero-order chi connectivity index (χ0) is 15.2. The standard InChI is InChI=1S/C15H21N5OS/c21-15(16-10-12-5-6-18-19-12)17-11-13(14-4-3-9-22-14)20-7-1-2-8-20/h3-6,9,13H,1-2,7-8,10-11H2,(H,18,19)(H2,16,17,21)/t13-/m0/s1. The van der Waals surface area contributed by atoms with Crippen molar-refractivity contribution in [2.75, 3.05) is 19.6 Å². The number of aromatic amines is 1.